The molecule has 0 aliphatic carbocycles. The van der Waals surface area contributed by atoms with Crippen LogP contribution in [0.25, 0.3) is 11.4 Å². The molecule has 0 bridgehead atoms. The number of methoxy groups -OCH3 is 1. The molecule has 1 unspecified atom stereocenters. The second-order valence-corrected chi connectivity index (χ2v) is 9.03. The third-order valence-electron chi connectivity index (χ3n) is 6.53. The van der Waals surface area contributed by atoms with Gasteiger partial charge in [0.15, 0.2) is 11.5 Å². The van der Waals surface area contributed by atoms with Gasteiger partial charge in [0.25, 0.3) is 5.56 Å². The largest absolute Gasteiger partial charge is 0.493 e. The third kappa shape index (κ3) is 3.81. The number of halogens is 1. The summed E-state index contributed by atoms with van der Waals surface area (Å²) in [4.78, 5) is 28.1. The summed E-state index contributed by atoms with van der Waals surface area (Å²) < 4.78 is 27.7. The SMILES string of the molecule is COc1ccc(F)c2c1OC(CN1c3nc(-c4ccncn4)cc(=O)n3CCC1(C)C)CC2. The number of nitrogens with zero attached hydrogens (tertiary/aromatic N) is 5. The van der Waals surface area contributed by atoms with Crippen molar-refractivity contribution >= 4 is 5.95 Å². The molecule has 2 aliphatic heterocycles. The first kappa shape index (κ1) is 21.4. The van der Waals surface area contributed by atoms with Gasteiger partial charge < -0.3 is 14.4 Å². The molecule has 0 spiro atoms. The lowest BCUT2D eigenvalue weighted by Crippen LogP contribution is -2.55. The molecule has 1 atom stereocenters. The Labute approximate surface area is 191 Å². The van der Waals surface area contributed by atoms with Gasteiger partial charge >= 0.3 is 0 Å². The van der Waals surface area contributed by atoms with Crippen molar-refractivity contribution in [2.75, 3.05) is 18.6 Å². The number of anilines is 1. The van der Waals surface area contributed by atoms with E-state index in [0.29, 0.717) is 60.3 Å². The van der Waals surface area contributed by atoms with Gasteiger partial charge in [-0.2, -0.15) is 0 Å². The number of ether oxygens (including phenoxy) is 2. The first-order chi connectivity index (χ1) is 15.9. The number of hydrogen-bond donors (Lipinski definition) is 0. The van der Waals surface area contributed by atoms with Crippen LogP contribution in [0.4, 0.5) is 10.3 Å². The minimum atomic E-state index is -0.282. The van der Waals surface area contributed by atoms with Crippen LogP contribution < -0.4 is 19.9 Å². The van der Waals surface area contributed by atoms with Crippen molar-refractivity contribution in [2.45, 2.75) is 51.3 Å². The maximum Gasteiger partial charge on any atom is 0.255 e. The molecule has 0 radical (unpaired) electrons. The summed E-state index contributed by atoms with van der Waals surface area (Å²) in [5.41, 5.74) is 1.28. The summed E-state index contributed by atoms with van der Waals surface area (Å²) in [5, 5.41) is 0. The second-order valence-electron chi connectivity index (χ2n) is 9.03. The Balaban J connectivity index is 1.51. The molecule has 0 amide bonds. The third-order valence-corrected chi connectivity index (χ3v) is 6.53. The Kier molecular flexibility index (Phi) is 5.26. The van der Waals surface area contributed by atoms with Crippen LogP contribution in [0.1, 0.15) is 32.3 Å². The summed E-state index contributed by atoms with van der Waals surface area (Å²) in [6.07, 6.45) is 4.85. The van der Waals surface area contributed by atoms with Gasteiger partial charge in [-0.3, -0.25) is 9.36 Å². The first-order valence-corrected chi connectivity index (χ1v) is 11.1. The maximum absolute atomic E-state index is 14.3. The summed E-state index contributed by atoms with van der Waals surface area (Å²) in [7, 11) is 1.55. The highest BCUT2D eigenvalue weighted by molar-refractivity contribution is 5.56. The fraction of sp³-hybridized carbons (Fsp3) is 0.417. The molecule has 1 aromatic carbocycles. The van der Waals surface area contributed by atoms with Crippen LogP contribution in [0.15, 0.2) is 41.6 Å². The second kappa shape index (κ2) is 8.13. The molecule has 0 saturated heterocycles. The molecule has 3 aromatic rings. The van der Waals surface area contributed by atoms with Crippen molar-refractivity contribution in [3.63, 3.8) is 0 Å². The molecule has 9 heteroatoms. The Morgan fingerprint density at radius 1 is 1.27 bits per heavy atom. The number of fused-ring (bicyclic) bond motifs is 2. The molecule has 0 fully saturated rings. The average Bonchev–Trinajstić information content (AvgIpc) is 2.81. The van der Waals surface area contributed by atoms with E-state index in [1.54, 1.807) is 30.0 Å². The molecule has 172 valence electrons. The normalized spacial score (nSPS) is 18.8. The van der Waals surface area contributed by atoms with Gasteiger partial charge in [0.2, 0.25) is 5.95 Å². The zero-order valence-electron chi connectivity index (χ0n) is 18.9. The number of hydrogen-bond acceptors (Lipinski definition) is 7. The van der Waals surface area contributed by atoms with E-state index in [4.69, 9.17) is 14.5 Å². The molecular formula is C24H26FN5O3. The van der Waals surface area contributed by atoms with Crippen LogP contribution in [-0.2, 0) is 13.0 Å². The Morgan fingerprint density at radius 3 is 2.88 bits per heavy atom. The minimum Gasteiger partial charge on any atom is -0.493 e. The molecule has 4 heterocycles. The Bertz CT molecular complexity index is 1240. The van der Waals surface area contributed by atoms with Crippen LogP contribution >= 0.6 is 0 Å². The molecule has 5 rings (SSSR count). The van der Waals surface area contributed by atoms with E-state index in [2.05, 4.69) is 28.7 Å². The van der Waals surface area contributed by atoms with Crippen LogP contribution in [0.5, 0.6) is 11.5 Å². The fourth-order valence-corrected chi connectivity index (χ4v) is 4.57. The van der Waals surface area contributed by atoms with Crippen molar-refractivity contribution in [3.05, 3.63) is 58.5 Å². The minimum absolute atomic E-state index is 0.118. The number of benzene rings is 1. The summed E-state index contributed by atoms with van der Waals surface area (Å²) >= 11 is 0. The molecule has 2 aliphatic rings. The molecule has 8 nitrogen and oxygen atoms in total. The van der Waals surface area contributed by atoms with Gasteiger partial charge in [0.1, 0.15) is 18.2 Å². The van der Waals surface area contributed by atoms with Crippen LogP contribution in [0, 0.1) is 5.82 Å². The fourth-order valence-electron chi connectivity index (χ4n) is 4.57. The van der Waals surface area contributed by atoms with E-state index in [9.17, 15) is 9.18 Å². The topological polar surface area (TPSA) is 82.4 Å². The summed E-state index contributed by atoms with van der Waals surface area (Å²) in [6.45, 7) is 5.36. The lowest BCUT2D eigenvalue weighted by Gasteiger charge is -2.46. The van der Waals surface area contributed by atoms with Gasteiger partial charge in [-0.15, -0.1) is 0 Å². The smallest absolute Gasteiger partial charge is 0.255 e. The molecule has 0 saturated carbocycles. The summed E-state index contributed by atoms with van der Waals surface area (Å²) in [5.74, 6) is 1.29. The van der Waals surface area contributed by atoms with Crippen LogP contribution in [0.2, 0.25) is 0 Å². The van der Waals surface area contributed by atoms with E-state index < -0.39 is 0 Å². The standard InChI is InChI=1S/C24H26FN5O3/c1-24(2)9-11-29-21(31)12-19(18-8-10-26-14-27-18)28-23(29)30(24)13-15-4-5-16-17(25)6-7-20(32-3)22(16)33-15/h6-8,10,12,14-15H,4-5,9,11,13H2,1-3H3. The van der Waals surface area contributed by atoms with E-state index in [1.165, 1.54) is 18.5 Å². The predicted molar refractivity (Wildman–Crippen MR) is 121 cm³/mol. The maximum atomic E-state index is 14.3. The van der Waals surface area contributed by atoms with Crippen LogP contribution in [0.3, 0.4) is 0 Å². The molecular weight excluding hydrogens is 425 g/mol. The lowest BCUT2D eigenvalue weighted by atomic mass is 9.94. The van der Waals surface area contributed by atoms with Gasteiger partial charge in [-0.05, 0) is 51.3 Å². The van der Waals surface area contributed by atoms with Crippen molar-refractivity contribution in [1.82, 2.24) is 19.5 Å². The first-order valence-electron chi connectivity index (χ1n) is 11.1. The van der Waals surface area contributed by atoms with E-state index in [1.807, 2.05) is 0 Å². The van der Waals surface area contributed by atoms with Gasteiger partial charge in [-0.1, -0.05) is 0 Å². The van der Waals surface area contributed by atoms with Crippen molar-refractivity contribution < 1.29 is 13.9 Å². The highest BCUT2D eigenvalue weighted by atomic mass is 19.1. The van der Waals surface area contributed by atoms with Crippen molar-refractivity contribution in [2.24, 2.45) is 0 Å². The molecule has 2 aromatic heterocycles. The molecule has 33 heavy (non-hydrogen) atoms. The molecule has 0 N–H and O–H groups in total. The van der Waals surface area contributed by atoms with Gasteiger partial charge in [-0.25, -0.2) is 19.3 Å². The number of rotatable bonds is 4. The highest BCUT2D eigenvalue weighted by Gasteiger charge is 2.38. The van der Waals surface area contributed by atoms with E-state index >= 15 is 0 Å². The lowest BCUT2D eigenvalue weighted by molar-refractivity contribution is 0.157. The van der Waals surface area contributed by atoms with Gasteiger partial charge in [0, 0.05) is 29.9 Å². The highest BCUT2D eigenvalue weighted by Crippen LogP contribution is 2.39. The van der Waals surface area contributed by atoms with Crippen molar-refractivity contribution in [3.8, 4) is 22.9 Å². The van der Waals surface area contributed by atoms with E-state index in [-0.39, 0.29) is 23.0 Å². The Hall–Kier alpha value is -3.49. The quantitative estimate of drug-likeness (QED) is 0.602. The Morgan fingerprint density at radius 2 is 2.12 bits per heavy atom. The predicted octanol–water partition coefficient (Wildman–Crippen LogP) is 3.23. The zero-order chi connectivity index (χ0) is 23.2. The number of aromatic nitrogens is 4. The van der Waals surface area contributed by atoms with E-state index in [0.717, 1.165) is 6.42 Å². The zero-order valence-corrected chi connectivity index (χ0v) is 18.9. The summed E-state index contributed by atoms with van der Waals surface area (Å²) in [6, 6.07) is 6.25. The van der Waals surface area contributed by atoms with Crippen LogP contribution in [-0.4, -0.2) is 44.8 Å². The average molecular weight is 452 g/mol. The monoisotopic (exact) mass is 451 g/mol. The van der Waals surface area contributed by atoms with Gasteiger partial charge in [0.05, 0.1) is 25.0 Å². The van der Waals surface area contributed by atoms with Crippen molar-refractivity contribution in [1.29, 1.82) is 0 Å².